The second kappa shape index (κ2) is 9.08. The lowest BCUT2D eigenvalue weighted by molar-refractivity contribution is 0.590. The SMILES string of the molecule is CCC(C)c1ccc(N(c2ccc(C(C)C)cc2)c2ccc(C(C)(C)C)cc2)cc1. The van der Waals surface area contributed by atoms with Gasteiger partial charge in [0, 0.05) is 17.1 Å². The Morgan fingerprint density at radius 1 is 0.633 bits per heavy atom. The molecule has 0 aromatic heterocycles. The fourth-order valence-corrected chi connectivity index (χ4v) is 3.75. The van der Waals surface area contributed by atoms with Crippen LogP contribution in [0.5, 0.6) is 0 Å². The van der Waals surface area contributed by atoms with Crippen LogP contribution in [0.4, 0.5) is 17.1 Å². The Kier molecular flexibility index (Phi) is 6.71. The average molecular weight is 400 g/mol. The number of rotatable bonds is 6. The van der Waals surface area contributed by atoms with Crippen LogP contribution >= 0.6 is 0 Å². The highest BCUT2D eigenvalue weighted by molar-refractivity contribution is 5.76. The second-order valence-electron chi connectivity index (χ2n) is 9.78. The zero-order valence-corrected chi connectivity index (χ0v) is 19.7. The molecule has 1 atom stereocenters. The molecule has 0 saturated carbocycles. The minimum atomic E-state index is 0.153. The first-order valence-electron chi connectivity index (χ1n) is 11.3. The van der Waals surface area contributed by atoms with Crippen LogP contribution in [0, 0.1) is 0 Å². The van der Waals surface area contributed by atoms with Crippen LogP contribution in [0.3, 0.4) is 0 Å². The molecule has 3 rings (SSSR count). The highest BCUT2D eigenvalue weighted by Crippen LogP contribution is 2.37. The average Bonchev–Trinajstić information content (AvgIpc) is 2.74. The Labute approximate surface area is 183 Å². The summed E-state index contributed by atoms with van der Waals surface area (Å²) in [5.74, 6) is 1.12. The maximum absolute atomic E-state index is 2.36. The number of hydrogen-bond acceptors (Lipinski definition) is 1. The number of anilines is 3. The lowest BCUT2D eigenvalue weighted by Crippen LogP contribution is -2.13. The Bertz CT molecular complexity index is 926. The first-order chi connectivity index (χ1) is 14.2. The fraction of sp³-hybridized carbons (Fsp3) is 0.379. The van der Waals surface area contributed by atoms with E-state index in [0.717, 1.165) is 6.42 Å². The molecule has 0 amide bonds. The standard InChI is InChI=1S/C29H37N/c1-8-22(4)24-11-17-27(18-12-24)30(26-15-9-23(10-16-26)21(2)3)28-19-13-25(14-20-28)29(5,6)7/h9-22H,8H2,1-7H3. The van der Waals surface area contributed by atoms with Gasteiger partial charge in [-0.15, -0.1) is 0 Å². The van der Waals surface area contributed by atoms with E-state index in [1.54, 1.807) is 0 Å². The largest absolute Gasteiger partial charge is 0.311 e. The summed E-state index contributed by atoms with van der Waals surface area (Å²) in [4.78, 5) is 2.36. The third-order valence-corrected chi connectivity index (χ3v) is 6.14. The highest BCUT2D eigenvalue weighted by Gasteiger charge is 2.17. The van der Waals surface area contributed by atoms with Gasteiger partial charge in [-0.1, -0.05) is 84.9 Å². The van der Waals surface area contributed by atoms with Crippen LogP contribution in [0.2, 0.25) is 0 Å². The molecule has 0 saturated heterocycles. The molecule has 0 N–H and O–H groups in total. The smallest absolute Gasteiger partial charge is 0.0461 e. The predicted octanol–water partition coefficient (Wildman–Crippen LogP) is 9.09. The second-order valence-corrected chi connectivity index (χ2v) is 9.78. The summed E-state index contributed by atoms with van der Waals surface area (Å²) < 4.78 is 0. The predicted molar refractivity (Wildman–Crippen MR) is 133 cm³/mol. The van der Waals surface area contributed by atoms with Crippen molar-refractivity contribution in [3.63, 3.8) is 0 Å². The summed E-state index contributed by atoms with van der Waals surface area (Å²) in [5.41, 5.74) is 7.86. The maximum atomic E-state index is 2.36. The van der Waals surface area contributed by atoms with Crippen molar-refractivity contribution in [2.75, 3.05) is 4.90 Å². The minimum Gasteiger partial charge on any atom is -0.311 e. The summed E-state index contributed by atoms with van der Waals surface area (Å²) in [7, 11) is 0. The van der Waals surface area contributed by atoms with E-state index in [2.05, 4.69) is 126 Å². The van der Waals surface area contributed by atoms with Crippen LogP contribution in [-0.4, -0.2) is 0 Å². The van der Waals surface area contributed by atoms with Crippen molar-refractivity contribution in [2.45, 2.75) is 72.1 Å². The third kappa shape index (κ3) is 4.95. The maximum Gasteiger partial charge on any atom is 0.0461 e. The molecule has 0 fully saturated rings. The van der Waals surface area contributed by atoms with Crippen LogP contribution in [0.15, 0.2) is 72.8 Å². The number of hydrogen-bond donors (Lipinski definition) is 0. The van der Waals surface area contributed by atoms with E-state index in [1.807, 2.05) is 0 Å². The molecule has 0 aliphatic heterocycles. The summed E-state index contributed by atoms with van der Waals surface area (Å²) in [6, 6.07) is 27.1. The van der Waals surface area contributed by atoms with E-state index in [0.29, 0.717) is 11.8 Å². The van der Waals surface area contributed by atoms with Crippen molar-refractivity contribution in [3.05, 3.63) is 89.5 Å². The molecule has 0 heterocycles. The monoisotopic (exact) mass is 399 g/mol. The van der Waals surface area contributed by atoms with Gasteiger partial charge in [-0.05, 0) is 76.8 Å². The van der Waals surface area contributed by atoms with Gasteiger partial charge in [-0.3, -0.25) is 0 Å². The lowest BCUT2D eigenvalue weighted by Gasteiger charge is -2.27. The zero-order valence-electron chi connectivity index (χ0n) is 19.7. The Hall–Kier alpha value is -2.54. The van der Waals surface area contributed by atoms with Crippen LogP contribution < -0.4 is 4.90 Å². The molecule has 1 nitrogen and oxygen atoms in total. The van der Waals surface area contributed by atoms with Gasteiger partial charge in [0.2, 0.25) is 0 Å². The summed E-state index contributed by atoms with van der Waals surface area (Å²) >= 11 is 0. The van der Waals surface area contributed by atoms with E-state index in [-0.39, 0.29) is 5.41 Å². The Morgan fingerprint density at radius 2 is 1.03 bits per heavy atom. The van der Waals surface area contributed by atoms with Crippen molar-refractivity contribution in [1.82, 2.24) is 0 Å². The molecule has 3 aromatic rings. The highest BCUT2D eigenvalue weighted by atomic mass is 15.1. The molecule has 1 unspecified atom stereocenters. The van der Waals surface area contributed by atoms with Crippen LogP contribution in [0.25, 0.3) is 0 Å². The quantitative estimate of drug-likeness (QED) is 0.399. The van der Waals surface area contributed by atoms with Gasteiger partial charge in [0.15, 0.2) is 0 Å². The Morgan fingerprint density at radius 3 is 1.40 bits per heavy atom. The van der Waals surface area contributed by atoms with Crippen LogP contribution in [0.1, 0.15) is 83.4 Å². The summed E-state index contributed by atoms with van der Waals surface area (Å²) in [6.45, 7) is 15.8. The van der Waals surface area contributed by atoms with Crippen molar-refractivity contribution < 1.29 is 0 Å². The molecule has 0 radical (unpaired) electrons. The zero-order chi connectivity index (χ0) is 21.9. The first kappa shape index (κ1) is 22.2. The molecule has 0 bridgehead atoms. The molecule has 0 spiro atoms. The number of benzene rings is 3. The van der Waals surface area contributed by atoms with Crippen molar-refractivity contribution in [2.24, 2.45) is 0 Å². The van der Waals surface area contributed by atoms with Gasteiger partial charge in [0.25, 0.3) is 0 Å². The van der Waals surface area contributed by atoms with E-state index < -0.39 is 0 Å². The molecule has 0 aliphatic rings. The van der Waals surface area contributed by atoms with Gasteiger partial charge in [0.05, 0.1) is 0 Å². The van der Waals surface area contributed by atoms with E-state index in [1.165, 1.54) is 33.8 Å². The van der Waals surface area contributed by atoms with Crippen molar-refractivity contribution in [1.29, 1.82) is 0 Å². The van der Waals surface area contributed by atoms with E-state index >= 15 is 0 Å². The fourth-order valence-electron chi connectivity index (χ4n) is 3.75. The molecule has 3 aromatic carbocycles. The first-order valence-corrected chi connectivity index (χ1v) is 11.3. The summed E-state index contributed by atoms with van der Waals surface area (Å²) in [6.07, 6.45) is 1.16. The van der Waals surface area contributed by atoms with E-state index in [9.17, 15) is 0 Å². The third-order valence-electron chi connectivity index (χ3n) is 6.14. The summed E-state index contributed by atoms with van der Waals surface area (Å²) in [5, 5.41) is 0. The van der Waals surface area contributed by atoms with Crippen LogP contribution in [-0.2, 0) is 5.41 Å². The van der Waals surface area contributed by atoms with Gasteiger partial charge >= 0.3 is 0 Å². The molecule has 30 heavy (non-hydrogen) atoms. The van der Waals surface area contributed by atoms with Gasteiger partial charge in [-0.25, -0.2) is 0 Å². The van der Waals surface area contributed by atoms with Gasteiger partial charge in [-0.2, -0.15) is 0 Å². The topological polar surface area (TPSA) is 3.24 Å². The Balaban J connectivity index is 2.04. The van der Waals surface area contributed by atoms with Gasteiger partial charge in [0.1, 0.15) is 0 Å². The molecule has 158 valence electrons. The van der Waals surface area contributed by atoms with Gasteiger partial charge < -0.3 is 4.90 Å². The van der Waals surface area contributed by atoms with Crippen molar-refractivity contribution in [3.8, 4) is 0 Å². The molecule has 1 heteroatoms. The molecule has 0 aliphatic carbocycles. The molecular formula is C29H37N. The molecular weight excluding hydrogens is 362 g/mol. The normalized spacial score (nSPS) is 12.8. The van der Waals surface area contributed by atoms with Crippen molar-refractivity contribution >= 4 is 17.1 Å². The minimum absolute atomic E-state index is 0.153. The number of nitrogens with zero attached hydrogens (tertiary/aromatic N) is 1. The lowest BCUT2D eigenvalue weighted by atomic mass is 9.87. The van der Waals surface area contributed by atoms with E-state index in [4.69, 9.17) is 0 Å².